The molecule has 0 unspecified atom stereocenters. The monoisotopic (exact) mass is 377 g/mol. The second kappa shape index (κ2) is 8.58. The van der Waals surface area contributed by atoms with E-state index in [9.17, 15) is 19.7 Å². The maximum atomic E-state index is 12.0. The largest absolute Gasteiger partial charge is 0.481 e. The van der Waals surface area contributed by atoms with Crippen LogP contribution in [0.3, 0.4) is 0 Å². The Hall–Kier alpha value is -3.46. The van der Waals surface area contributed by atoms with Gasteiger partial charge in [0.15, 0.2) is 6.61 Å². The van der Waals surface area contributed by atoms with Gasteiger partial charge in [0.05, 0.1) is 11.1 Å². The molecule has 0 saturated carbocycles. The molecule has 0 radical (unpaired) electrons. The molecule has 0 bridgehead atoms. The maximum absolute atomic E-state index is 12.0. The number of rotatable bonds is 7. The van der Waals surface area contributed by atoms with Gasteiger partial charge in [0, 0.05) is 17.2 Å². The van der Waals surface area contributed by atoms with Gasteiger partial charge in [0.25, 0.3) is 11.6 Å². The standard InChI is InChI=1S/C16H12ClN3O6/c17-12-6-5-10(7-13(12)20(24)25)16(23)19-18-8-11-3-1-2-4-14(11)26-9-15(21)22/h1-8H,9H2,(H,19,23)(H,21,22)/b18-8-. The molecule has 0 aliphatic carbocycles. The van der Waals surface area contributed by atoms with Gasteiger partial charge < -0.3 is 9.84 Å². The Morgan fingerprint density at radius 1 is 1.31 bits per heavy atom. The number of carbonyl (C=O) groups is 2. The first kappa shape index (κ1) is 18.9. The number of carbonyl (C=O) groups excluding carboxylic acids is 1. The van der Waals surface area contributed by atoms with Crippen LogP contribution in [0.4, 0.5) is 5.69 Å². The Kier molecular flexibility index (Phi) is 6.23. The molecule has 26 heavy (non-hydrogen) atoms. The molecule has 1 amide bonds. The average molecular weight is 378 g/mol. The van der Waals surface area contributed by atoms with Crippen LogP contribution in [0.15, 0.2) is 47.6 Å². The molecule has 0 atom stereocenters. The van der Waals surface area contributed by atoms with E-state index < -0.39 is 29.1 Å². The fourth-order valence-electron chi connectivity index (χ4n) is 1.88. The third kappa shape index (κ3) is 5.02. The highest BCUT2D eigenvalue weighted by atomic mass is 35.5. The van der Waals surface area contributed by atoms with E-state index in [0.717, 1.165) is 6.07 Å². The van der Waals surface area contributed by atoms with Crippen LogP contribution in [0.5, 0.6) is 5.75 Å². The Labute approximate surface area is 152 Å². The normalized spacial score (nSPS) is 10.5. The maximum Gasteiger partial charge on any atom is 0.341 e. The molecule has 0 saturated heterocycles. The molecule has 0 aromatic heterocycles. The fraction of sp³-hybridized carbons (Fsp3) is 0.0625. The Balaban J connectivity index is 2.09. The minimum Gasteiger partial charge on any atom is -0.481 e. The second-order valence-electron chi connectivity index (χ2n) is 4.84. The van der Waals surface area contributed by atoms with Crippen LogP contribution in [0.2, 0.25) is 5.02 Å². The van der Waals surface area contributed by atoms with Crippen molar-refractivity contribution < 1.29 is 24.4 Å². The molecule has 2 rings (SSSR count). The summed E-state index contributed by atoms with van der Waals surface area (Å²) in [6, 6.07) is 10.1. The lowest BCUT2D eigenvalue weighted by Gasteiger charge is -2.06. The van der Waals surface area contributed by atoms with Gasteiger partial charge in [-0.05, 0) is 24.3 Å². The summed E-state index contributed by atoms with van der Waals surface area (Å²) in [7, 11) is 0. The molecule has 0 aliphatic rings. The molecule has 0 heterocycles. The number of hydrogen-bond acceptors (Lipinski definition) is 6. The van der Waals surface area contributed by atoms with Gasteiger partial charge in [-0.25, -0.2) is 10.2 Å². The highest BCUT2D eigenvalue weighted by Gasteiger charge is 2.16. The summed E-state index contributed by atoms with van der Waals surface area (Å²) in [4.78, 5) is 32.7. The molecule has 2 aromatic rings. The number of benzene rings is 2. The number of nitrogens with zero attached hydrogens (tertiary/aromatic N) is 2. The summed E-state index contributed by atoms with van der Waals surface area (Å²) in [5.74, 6) is -1.53. The predicted octanol–water partition coefficient (Wildman–Crippen LogP) is 2.48. The summed E-state index contributed by atoms with van der Waals surface area (Å²) in [5.41, 5.74) is 2.27. The van der Waals surface area contributed by atoms with Crippen molar-refractivity contribution in [1.29, 1.82) is 0 Å². The topological polar surface area (TPSA) is 131 Å². The summed E-state index contributed by atoms with van der Waals surface area (Å²) >= 11 is 5.69. The number of nitrogens with one attached hydrogen (secondary N) is 1. The van der Waals surface area contributed by atoms with Crippen LogP contribution in [0.1, 0.15) is 15.9 Å². The van der Waals surface area contributed by atoms with E-state index in [0.29, 0.717) is 5.56 Å². The van der Waals surface area contributed by atoms with Crippen LogP contribution < -0.4 is 10.2 Å². The molecular weight excluding hydrogens is 366 g/mol. The zero-order valence-electron chi connectivity index (χ0n) is 13.1. The number of halogens is 1. The molecule has 9 nitrogen and oxygen atoms in total. The van der Waals surface area contributed by atoms with Gasteiger partial charge >= 0.3 is 5.97 Å². The minimum atomic E-state index is -1.13. The highest BCUT2D eigenvalue weighted by molar-refractivity contribution is 6.32. The van der Waals surface area contributed by atoms with E-state index in [4.69, 9.17) is 21.4 Å². The van der Waals surface area contributed by atoms with E-state index in [1.54, 1.807) is 24.3 Å². The number of carboxylic acids is 1. The lowest BCUT2D eigenvalue weighted by molar-refractivity contribution is -0.384. The molecule has 134 valence electrons. The Bertz CT molecular complexity index is 884. The average Bonchev–Trinajstić information content (AvgIpc) is 2.60. The van der Waals surface area contributed by atoms with Crippen LogP contribution in [0, 0.1) is 10.1 Å². The molecule has 0 fully saturated rings. The number of carboxylic acid groups (broad SMARTS) is 1. The van der Waals surface area contributed by atoms with Gasteiger partial charge in [-0.2, -0.15) is 5.10 Å². The molecule has 0 aliphatic heterocycles. The number of ether oxygens (including phenoxy) is 1. The van der Waals surface area contributed by atoms with Crippen molar-refractivity contribution in [2.75, 3.05) is 6.61 Å². The summed E-state index contributed by atoms with van der Waals surface area (Å²) in [6.45, 7) is -0.522. The van der Waals surface area contributed by atoms with Gasteiger partial charge in [-0.15, -0.1) is 0 Å². The number of hydrogen-bond donors (Lipinski definition) is 2. The SMILES string of the molecule is O=C(O)COc1ccccc1/C=N\NC(=O)c1ccc(Cl)c([N+](=O)[O-])c1. The summed E-state index contributed by atoms with van der Waals surface area (Å²) in [5, 5.41) is 23.2. The Morgan fingerprint density at radius 2 is 2.04 bits per heavy atom. The number of nitro benzene ring substituents is 1. The number of hydrazone groups is 1. The third-order valence-corrected chi connectivity index (χ3v) is 3.36. The molecular formula is C16H12ClN3O6. The zero-order chi connectivity index (χ0) is 19.1. The van der Waals surface area contributed by atoms with Crippen LogP contribution in [-0.4, -0.2) is 34.7 Å². The van der Waals surface area contributed by atoms with Crippen molar-refractivity contribution in [2.45, 2.75) is 0 Å². The van der Waals surface area contributed by atoms with Crippen LogP contribution in [0.25, 0.3) is 0 Å². The zero-order valence-corrected chi connectivity index (χ0v) is 13.8. The van der Waals surface area contributed by atoms with Crippen LogP contribution in [-0.2, 0) is 4.79 Å². The molecule has 10 heteroatoms. The van der Waals surface area contributed by atoms with Crippen LogP contribution >= 0.6 is 11.6 Å². The lowest BCUT2D eigenvalue weighted by Crippen LogP contribution is -2.18. The first-order valence-electron chi connectivity index (χ1n) is 7.09. The van der Waals surface area contributed by atoms with Crippen molar-refractivity contribution in [3.8, 4) is 5.75 Å². The van der Waals surface area contributed by atoms with E-state index in [-0.39, 0.29) is 16.3 Å². The number of aliphatic carboxylic acids is 1. The number of nitro groups is 1. The minimum absolute atomic E-state index is 0.00802. The summed E-state index contributed by atoms with van der Waals surface area (Å²) < 4.78 is 5.10. The summed E-state index contributed by atoms with van der Waals surface area (Å²) in [6.07, 6.45) is 1.26. The van der Waals surface area contributed by atoms with Crippen molar-refractivity contribution in [3.63, 3.8) is 0 Å². The van der Waals surface area contributed by atoms with E-state index in [1.165, 1.54) is 18.3 Å². The van der Waals surface area contributed by atoms with Crippen molar-refractivity contribution >= 4 is 35.4 Å². The first-order valence-corrected chi connectivity index (χ1v) is 7.47. The number of para-hydroxylation sites is 1. The van der Waals surface area contributed by atoms with Gasteiger partial charge in [0.2, 0.25) is 0 Å². The third-order valence-electron chi connectivity index (χ3n) is 3.04. The van der Waals surface area contributed by atoms with E-state index in [2.05, 4.69) is 10.5 Å². The van der Waals surface area contributed by atoms with Gasteiger partial charge in [-0.3, -0.25) is 14.9 Å². The smallest absolute Gasteiger partial charge is 0.341 e. The predicted molar refractivity (Wildman–Crippen MR) is 92.7 cm³/mol. The second-order valence-corrected chi connectivity index (χ2v) is 5.25. The van der Waals surface area contributed by atoms with Crippen molar-refractivity contribution in [2.24, 2.45) is 5.10 Å². The molecule has 0 spiro atoms. The quantitative estimate of drug-likeness (QED) is 0.433. The highest BCUT2D eigenvalue weighted by Crippen LogP contribution is 2.25. The molecule has 2 N–H and O–H groups in total. The number of amides is 1. The van der Waals surface area contributed by atoms with E-state index >= 15 is 0 Å². The van der Waals surface area contributed by atoms with Crippen molar-refractivity contribution in [1.82, 2.24) is 5.43 Å². The molecule has 2 aromatic carbocycles. The van der Waals surface area contributed by atoms with Gasteiger partial charge in [-0.1, -0.05) is 23.7 Å². The Morgan fingerprint density at radius 3 is 2.73 bits per heavy atom. The van der Waals surface area contributed by atoms with E-state index in [1.807, 2.05) is 0 Å². The van der Waals surface area contributed by atoms with Gasteiger partial charge in [0.1, 0.15) is 10.8 Å². The van der Waals surface area contributed by atoms with Crippen molar-refractivity contribution in [3.05, 3.63) is 68.7 Å². The lowest BCUT2D eigenvalue weighted by atomic mass is 10.2. The first-order chi connectivity index (χ1) is 12.4. The fourth-order valence-corrected chi connectivity index (χ4v) is 2.06.